The van der Waals surface area contributed by atoms with Crippen LogP contribution in [0.25, 0.3) is 0 Å². The minimum absolute atomic E-state index is 0.148. The summed E-state index contributed by atoms with van der Waals surface area (Å²) in [6.45, 7) is 20.0. The van der Waals surface area contributed by atoms with E-state index in [-0.39, 0.29) is 10.8 Å². The molecule has 1 heterocycles. The highest BCUT2D eigenvalue weighted by molar-refractivity contribution is 4.87. The molecule has 2 atom stereocenters. The summed E-state index contributed by atoms with van der Waals surface area (Å²) in [5, 5.41) is 0. The molecule has 0 radical (unpaired) electrons. The summed E-state index contributed by atoms with van der Waals surface area (Å²) in [7, 11) is 0. The van der Waals surface area contributed by atoms with Gasteiger partial charge in [-0.2, -0.15) is 0 Å². The minimum Gasteiger partial charge on any atom is -0.379 e. The Balaban J connectivity index is 2.71. The molecule has 1 rings (SSSR count). The lowest BCUT2D eigenvalue weighted by molar-refractivity contribution is -0.0622. The Bertz CT molecular complexity index is 300. The highest BCUT2D eigenvalue weighted by atomic mass is 16.6. The number of rotatable bonds is 0. The Labute approximate surface area is 154 Å². The summed E-state index contributed by atoms with van der Waals surface area (Å²) in [5.74, 6) is 0.819. The maximum Gasteiger partial charge on any atom is 0.0701 e. The fraction of sp³-hybridized carbons (Fsp3) is 1.00. The number of hydrogen-bond acceptors (Lipinski definition) is 5. The minimum atomic E-state index is 0.148. The van der Waals surface area contributed by atoms with E-state index in [1.807, 2.05) is 0 Å². The van der Waals surface area contributed by atoms with Crippen LogP contribution in [0.3, 0.4) is 0 Å². The number of hydrogen-bond donors (Lipinski definition) is 0. The van der Waals surface area contributed by atoms with Crippen LogP contribution < -0.4 is 0 Å². The Morgan fingerprint density at radius 2 is 0.680 bits per heavy atom. The molecule has 150 valence electrons. The average molecular weight is 361 g/mol. The van der Waals surface area contributed by atoms with Gasteiger partial charge in [0.1, 0.15) is 0 Å². The zero-order chi connectivity index (χ0) is 18.8. The van der Waals surface area contributed by atoms with Gasteiger partial charge in [-0.25, -0.2) is 0 Å². The van der Waals surface area contributed by atoms with E-state index < -0.39 is 0 Å². The smallest absolute Gasteiger partial charge is 0.0701 e. The van der Waals surface area contributed by atoms with E-state index in [0.717, 1.165) is 13.2 Å². The molecule has 0 aromatic rings. The second kappa shape index (κ2) is 11.5. The van der Waals surface area contributed by atoms with Crippen molar-refractivity contribution in [2.45, 2.75) is 41.5 Å². The van der Waals surface area contributed by atoms with Crippen LogP contribution in [0.2, 0.25) is 0 Å². The van der Waals surface area contributed by atoms with Crippen molar-refractivity contribution >= 4 is 0 Å². The van der Waals surface area contributed by atoms with Crippen molar-refractivity contribution < 1.29 is 23.7 Å². The van der Waals surface area contributed by atoms with Gasteiger partial charge in [-0.1, -0.05) is 41.5 Å². The first-order chi connectivity index (χ1) is 11.7. The van der Waals surface area contributed by atoms with E-state index in [0.29, 0.717) is 64.7 Å². The van der Waals surface area contributed by atoms with Gasteiger partial charge in [-0.3, -0.25) is 0 Å². The average Bonchev–Trinajstić information content (AvgIpc) is 2.49. The molecule has 5 nitrogen and oxygen atoms in total. The van der Waals surface area contributed by atoms with E-state index in [9.17, 15) is 0 Å². The van der Waals surface area contributed by atoms with E-state index in [4.69, 9.17) is 23.7 Å². The van der Waals surface area contributed by atoms with Crippen molar-refractivity contribution in [1.82, 2.24) is 0 Å². The normalized spacial score (nSPS) is 27.6. The Kier molecular flexibility index (Phi) is 10.5. The predicted molar refractivity (Wildman–Crippen MR) is 100.0 cm³/mol. The SMILES string of the molecule is CC(C)(C)[C@@H]1COCCOCCOCCOCCOC[C@H]1C(C)(C)C. The molecule has 0 bridgehead atoms. The Hall–Kier alpha value is -0.200. The molecule has 1 aliphatic rings. The Morgan fingerprint density at radius 3 is 0.920 bits per heavy atom. The van der Waals surface area contributed by atoms with Crippen molar-refractivity contribution in [3.8, 4) is 0 Å². The molecule has 1 fully saturated rings. The standard InChI is InChI=1S/C20H40O5/c1-19(2,3)17-15-24-13-11-22-9-7-21-8-10-23-12-14-25-16-18(17)20(4,5)6/h17-18H,7-16H2,1-6H3/t17-,18-/m1/s1. The van der Waals surface area contributed by atoms with Gasteiger partial charge in [-0.05, 0) is 22.7 Å². The van der Waals surface area contributed by atoms with Crippen LogP contribution >= 0.6 is 0 Å². The molecule has 0 unspecified atom stereocenters. The van der Waals surface area contributed by atoms with Gasteiger partial charge in [0.15, 0.2) is 0 Å². The second-order valence-corrected chi connectivity index (χ2v) is 8.93. The third-order valence-corrected chi connectivity index (χ3v) is 4.79. The molecule has 0 aromatic heterocycles. The fourth-order valence-corrected chi connectivity index (χ4v) is 3.14. The van der Waals surface area contributed by atoms with Gasteiger partial charge < -0.3 is 23.7 Å². The molecule has 1 aliphatic heterocycles. The zero-order valence-electron chi connectivity index (χ0n) is 17.3. The third-order valence-electron chi connectivity index (χ3n) is 4.79. The highest BCUT2D eigenvalue weighted by Gasteiger charge is 2.39. The molecule has 0 spiro atoms. The summed E-state index contributed by atoms with van der Waals surface area (Å²) in [4.78, 5) is 0. The number of ether oxygens (including phenoxy) is 5. The summed E-state index contributed by atoms with van der Waals surface area (Å²) in [6.07, 6.45) is 0. The van der Waals surface area contributed by atoms with Crippen molar-refractivity contribution in [2.75, 3.05) is 66.1 Å². The van der Waals surface area contributed by atoms with Gasteiger partial charge in [0.2, 0.25) is 0 Å². The topological polar surface area (TPSA) is 46.2 Å². The predicted octanol–water partition coefficient (Wildman–Crippen LogP) is 3.41. The first kappa shape index (κ1) is 22.8. The third kappa shape index (κ3) is 9.90. The first-order valence-corrected chi connectivity index (χ1v) is 9.61. The second-order valence-electron chi connectivity index (χ2n) is 8.93. The van der Waals surface area contributed by atoms with Crippen LogP contribution in [-0.2, 0) is 23.7 Å². The van der Waals surface area contributed by atoms with Gasteiger partial charge in [0, 0.05) is 0 Å². The molecule has 0 aliphatic carbocycles. The lowest BCUT2D eigenvalue weighted by Gasteiger charge is -2.43. The maximum atomic E-state index is 5.98. The zero-order valence-corrected chi connectivity index (χ0v) is 17.3. The van der Waals surface area contributed by atoms with Crippen molar-refractivity contribution in [3.05, 3.63) is 0 Å². The van der Waals surface area contributed by atoms with Crippen LogP contribution in [0.4, 0.5) is 0 Å². The maximum absolute atomic E-state index is 5.98. The molecule has 0 amide bonds. The lowest BCUT2D eigenvalue weighted by atomic mass is 9.65. The summed E-state index contributed by atoms with van der Waals surface area (Å²) < 4.78 is 28.5. The van der Waals surface area contributed by atoms with Crippen LogP contribution in [0.5, 0.6) is 0 Å². The van der Waals surface area contributed by atoms with Crippen LogP contribution in [0, 0.1) is 22.7 Å². The van der Waals surface area contributed by atoms with E-state index >= 15 is 0 Å². The molecule has 0 saturated carbocycles. The molecule has 0 N–H and O–H groups in total. The van der Waals surface area contributed by atoms with E-state index in [2.05, 4.69) is 41.5 Å². The summed E-state index contributed by atoms with van der Waals surface area (Å²) in [6, 6.07) is 0. The van der Waals surface area contributed by atoms with E-state index in [1.165, 1.54) is 0 Å². The first-order valence-electron chi connectivity index (χ1n) is 9.61. The van der Waals surface area contributed by atoms with Gasteiger partial charge in [-0.15, -0.1) is 0 Å². The highest BCUT2D eigenvalue weighted by Crippen LogP contribution is 2.41. The quantitative estimate of drug-likeness (QED) is 0.662. The van der Waals surface area contributed by atoms with Crippen LogP contribution in [0.15, 0.2) is 0 Å². The molecule has 25 heavy (non-hydrogen) atoms. The van der Waals surface area contributed by atoms with Gasteiger partial charge in [0.25, 0.3) is 0 Å². The van der Waals surface area contributed by atoms with Gasteiger partial charge >= 0.3 is 0 Å². The molecule has 1 saturated heterocycles. The summed E-state index contributed by atoms with van der Waals surface area (Å²) >= 11 is 0. The van der Waals surface area contributed by atoms with Crippen molar-refractivity contribution in [2.24, 2.45) is 22.7 Å². The van der Waals surface area contributed by atoms with Crippen LogP contribution in [0.1, 0.15) is 41.5 Å². The lowest BCUT2D eigenvalue weighted by Crippen LogP contribution is -2.41. The van der Waals surface area contributed by atoms with E-state index in [1.54, 1.807) is 0 Å². The molecular formula is C20H40O5. The molecular weight excluding hydrogens is 320 g/mol. The van der Waals surface area contributed by atoms with Gasteiger partial charge in [0.05, 0.1) is 66.1 Å². The van der Waals surface area contributed by atoms with Crippen molar-refractivity contribution in [1.29, 1.82) is 0 Å². The summed E-state index contributed by atoms with van der Waals surface area (Å²) in [5.41, 5.74) is 0.296. The fourth-order valence-electron chi connectivity index (χ4n) is 3.14. The Morgan fingerprint density at radius 1 is 0.440 bits per heavy atom. The van der Waals surface area contributed by atoms with Crippen LogP contribution in [-0.4, -0.2) is 66.1 Å². The van der Waals surface area contributed by atoms with Crippen molar-refractivity contribution in [3.63, 3.8) is 0 Å². The largest absolute Gasteiger partial charge is 0.379 e. The molecule has 0 aromatic carbocycles. The molecule has 5 heteroatoms. The monoisotopic (exact) mass is 360 g/mol.